The Morgan fingerprint density at radius 1 is 1.03 bits per heavy atom. The van der Waals surface area contributed by atoms with Gasteiger partial charge in [-0.2, -0.15) is 13.4 Å². The molecule has 1 aromatic carbocycles. The van der Waals surface area contributed by atoms with Crippen LogP contribution in [0.4, 0.5) is 17.5 Å². The van der Waals surface area contributed by atoms with Crippen LogP contribution in [0.2, 0.25) is 0 Å². The minimum atomic E-state index is -4.23. The van der Waals surface area contributed by atoms with Gasteiger partial charge in [-0.25, -0.2) is 4.98 Å². The maximum atomic E-state index is 11.1. The summed E-state index contributed by atoms with van der Waals surface area (Å²) in [7, 11) is -4.23. The lowest BCUT2D eigenvalue weighted by Crippen LogP contribution is -2.17. The molecule has 4 N–H and O–H groups in total. The summed E-state index contributed by atoms with van der Waals surface area (Å²) in [5.41, 5.74) is 7.88. The number of nitrogens with zero attached hydrogens (tertiary/aromatic N) is 3. The second kappa shape index (κ2) is 8.84. The Labute approximate surface area is 169 Å². The standard InChI is InChI=1S/C19H22N6O3S/c1-3-13(2)21-19-22-17(16-6-4-5-11-20-16)12-18(23-19)25-24-14-7-9-15(10-8-14)29(26,27)28/h4-13,24H,3H2,1-2H3,(H,26,27,28)(H2,21,22,23,25)/t13-/m0/s1. The molecule has 0 saturated carbocycles. The van der Waals surface area contributed by atoms with E-state index < -0.39 is 10.1 Å². The Bertz CT molecular complexity index is 1060. The highest BCUT2D eigenvalue weighted by molar-refractivity contribution is 7.85. The van der Waals surface area contributed by atoms with Crippen LogP contribution in [0, 0.1) is 0 Å². The number of hydrogen-bond donors (Lipinski definition) is 4. The summed E-state index contributed by atoms with van der Waals surface area (Å²) in [6.07, 6.45) is 2.61. The van der Waals surface area contributed by atoms with Gasteiger partial charge >= 0.3 is 0 Å². The second-order valence-corrected chi connectivity index (χ2v) is 7.80. The normalized spacial score (nSPS) is 12.2. The first-order valence-electron chi connectivity index (χ1n) is 9.02. The molecule has 0 bridgehead atoms. The van der Waals surface area contributed by atoms with Crippen molar-refractivity contribution < 1.29 is 13.0 Å². The number of rotatable bonds is 8. The van der Waals surface area contributed by atoms with E-state index in [1.165, 1.54) is 24.3 Å². The van der Waals surface area contributed by atoms with Gasteiger partial charge < -0.3 is 5.32 Å². The fraction of sp³-hybridized carbons (Fsp3) is 0.211. The minimum Gasteiger partial charge on any atom is -0.352 e. The van der Waals surface area contributed by atoms with Gasteiger partial charge in [0.2, 0.25) is 5.95 Å². The molecule has 3 rings (SSSR count). The van der Waals surface area contributed by atoms with E-state index in [0.29, 0.717) is 28.8 Å². The van der Waals surface area contributed by atoms with Gasteiger partial charge in [0, 0.05) is 18.3 Å². The molecule has 0 amide bonds. The summed E-state index contributed by atoms with van der Waals surface area (Å²) < 4.78 is 31.3. The first kappa shape index (κ1) is 20.5. The number of anilines is 3. The Kier molecular flexibility index (Phi) is 6.25. The zero-order valence-electron chi connectivity index (χ0n) is 16.0. The predicted molar refractivity (Wildman–Crippen MR) is 112 cm³/mol. The van der Waals surface area contributed by atoms with Crippen LogP contribution in [0.15, 0.2) is 59.6 Å². The second-order valence-electron chi connectivity index (χ2n) is 6.38. The molecule has 0 spiro atoms. The van der Waals surface area contributed by atoms with E-state index in [1.54, 1.807) is 12.3 Å². The zero-order valence-corrected chi connectivity index (χ0v) is 16.8. The van der Waals surface area contributed by atoms with E-state index in [1.807, 2.05) is 25.1 Å². The van der Waals surface area contributed by atoms with Crippen LogP contribution in [0.25, 0.3) is 11.4 Å². The number of pyridine rings is 1. The third kappa shape index (κ3) is 5.62. The highest BCUT2D eigenvalue weighted by Crippen LogP contribution is 2.21. The Morgan fingerprint density at radius 3 is 2.41 bits per heavy atom. The Hall–Kier alpha value is -3.24. The molecule has 0 unspecified atom stereocenters. The molecular weight excluding hydrogens is 392 g/mol. The number of benzene rings is 1. The van der Waals surface area contributed by atoms with E-state index in [2.05, 4.69) is 38.0 Å². The van der Waals surface area contributed by atoms with E-state index >= 15 is 0 Å². The molecule has 0 saturated heterocycles. The lowest BCUT2D eigenvalue weighted by Gasteiger charge is -2.15. The van der Waals surface area contributed by atoms with E-state index in [4.69, 9.17) is 4.55 Å². The monoisotopic (exact) mass is 414 g/mol. The lowest BCUT2D eigenvalue weighted by molar-refractivity contribution is 0.483. The van der Waals surface area contributed by atoms with Crippen LogP contribution in [0.1, 0.15) is 20.3 Å². The molecule has 1 atom stereocenters. The highest BCUT2D eigenvalue weighted by Gasteiger charge is 2.11. The van der Waals surface area contributed by atoms with Gasteiger partial charge in [0.25, 0.3) is 10.1 Å². The smallest absolute Gasteiger partial charge is 0.294 e. The van der Waals surface area contributed by atoms with E-state index in [9.17, 15) is 8.42 Å². The lowest BCUT2D eigenvalue weighted by atomic mass is 10.2. The van der Waals surface area contributed by atoms with Gasteiger partial charge in [0.15, 0.2) is 5.82 Å². The van der Waals surface area contributed by atoms with Gasteiger partial charge in [-0.15, -0.1) is 0 Å². The van der Waals surface area contributed by atoms with Gasteiger partial charge in [0.1, 0.15) is 0 Å². The molecule has 2 aromatic heterocycles. The number of hydrogen-bond acceptors (Lipinski definition) is 8. The molecule has 0 radical (unpaired) electrons. The minimum absolute atomic E-state index is 0.178. The molecule has 9 nitrogen and oxygen atoms in total. The Morgan fingerprint density at radius 2 is 1.79 bits per heavy atom. The highest BCUT2D eigenvalue weighted by atomic mass is 32.2. The van der Waals surface area contributed by atoms with Crippen LogP contribution in [-0.4, -0.2) is 34.0 Å². The summed E-state index contributed by atoms with van der Waals surface area (Å²) >= 11 is 0. The molecule has 2 heterocycles. The molecule has 0 aliphatic heterocycles. The van der Waals surface area contributed by atoms with Crippen molar-refractivity contribution in [2.24, 2.45) is 0 Å². The van der Waals surface area contributed by atoms with E-state index in [-0.39, 0.29) is 10.9 Å². The molecule has 3 aromatic rings. The average molecular weight is 414 g/mol. The van der Waals surface area contributed by atoms with Gasteiger partial charge in [-0.05, 0) is 49.7 Å². The van der Waals surface area contributed by atoms with Crippen LogP contribution < -0.4 is 16.2 Å². The molecule has 10 heteroatoms. The van der Waals surface area contributed by atoms with Crippen LogP contribution in [-0.2, 0) is 10.1 Å². The third-order valence-electron chi connectivity index (χ3n) is 4.13. The quantitative estimate of drug-likeness (QED) is 0.323. The number of nitrogens with one attached hydrogen (secondary N) is 3. The molecule has 29 heavy (non-hydrogen) atoms. The van der Waals surface area contributed by atoms with Gasteiger partial charge in [-0.1, -0.05) is 13.0 Å². The Balaban J connectivity index is 1.82. The first-order chi connectivity index (χ1) is 13.8. The SMILES string of the molecule is CC[C@H](C)Nc1nc(NNc2ccc(S(=O)(=O)O)cc2)cc(-c2ccccn2)n1. The van der Waals surface area contributed by atoms with Crippen molar-refractivity contribution in [3.8, 4) is 11.4 Å². The molecule has 0 aliphatic rings. The van der Waals surface area contributed by atoms with Gasteiger partial charge in [0.05, 0.1) is 22.0 Å². The summed E-state index contributed by atoms with van der Waals surface area (Å²) in [4.78, 5) is 13.2. The molecule has 0 fully saturated rings. The van der Waals surface area contributed by atoms with E-state index in [0.717, 1.165) is 6.42 Å². The van der Waals surface area contributed by atoms with Crippen LogP contribution >= 0.6 is 0 Å². The fourth-order valence-electron chi connectivity index (χ4n) is 2.39. The summed E-state index contributed by atoms with van der Waals surface area (Å²) in [5.74, 6) is 0.971. The van der Waals surface area contributed by atoms with Crippen molar-refractivity contribution in [3.05, 3.63) is 54.7 Å². The van der Waals surface area contributed by atoms with Crippen molar-refractivity contribution >= 4 is 27.6 Å². The molecular formula is C19H22N6O3S. The average Bonchev–Trinajstić information content (AvgIpc) is 2.72. The van der Waals surface area contributed by atoms with Gasteiger partial charge in [-0.3, -0.25) is 20.4 Å². The predicted octanol–water partition coefficient (Wildman–Crippen LogP) is 3.43. The summed E-state index contributed by atoms with van der Waals surface area (Å²) in [6, 6.07) is 13.2. The van der Waals surface area contributed by atoms with Crippen molar-refractivity contribution in [1.29, 1.82) is 0 Å². The number of aromatic nitrogens is 3. The zero-order chi connectivity index (χ0) is 20.9. The molecule has 152 valence electrons. The van der Waals surface area contributed by atoms with Crippen molar-refractivity contribution in [2.75, 3.05) is 16.2 Å². The van der Waals surface area contributed by atoms with Crippen molar-refractivity contribution in [2.45, 2.75) is 31.2 Å². The summed E-state index contributed by atoms with van der Waals surface area (Å²) in [6.45, 7) is 4.11. The fourth-order valence-corrected chi connectivity index (χ4v) is 2.87. The van der Waals surface area contributed by atoms with Crippen LogP contribution in [0.3, 0.4) is 0 Å². The maximum Gasteiger partial charge on any atom is 0.294 e. The summed E-state index contributed by atoms with van der Waals surface area (Å²) in [5, 5.41) is 3.25. The first-order valence-corrected chi connectivity index (χ1v) is 10.5. The maximum absolute atomic E-state index is 11.1. The topological polar surface area (TPSA) is 129 Å². The van der Waals surface area contributed by atoms with Crippen molar-refractivity contribution in [1.82, 2.24) is 15.0 Å². The third-order valence-corrected chi connectivity index (χ3v) is 5.00. The largest absolute Gasteiger partial charge is 0.352 e. The van der Waals surface area contributed by atoms with Crippen LogP contribution in [0.5, 0.6) is 0 Å². The number of hydrazine groups is 1. The van der Waals surface area contributed by atoms with Crippen molar-refractivity contribution in [3.63, 3.8) is 0 Å². The molecule has 0 aliphatic carbocycles.